The Balaban J connectivity index is 1.87. The Morgan fingerprint density at radius 3 is 2.81 bits per heavy atom. The number of methoxy groups -OCH3 is 1. The Hall–Kier alpha value is -2.88. The molecule has 1 N–H and O–H groups in total. The van der Waals surface area contributed by atoms with Crippen molar-refractivity contribution in [3.8, 4) is 17.1 Å². The summed E-state index contributed by atoms with van der Waals surface area (Å²) in [6.07, 6.45) is 1.80. The van der Waals surface area contributed by atoms with Crippen LogP contribution >= 0.6 is 0 Å². The van der Waals surface area contributed by atoms with Gasteiger partial charge in [0.1, 0.15) is 11.6 Å². The second kappa shape index (κ2) is 4.59. The lowest BCUT2D eigenvalue weighted by Gasteiger charge is -1.99. The summed E-state index contributed by atoms with van der Waals surface area (Å²) in [6.45, 7) is 0. The SMILES string of the molecule is COc1ccc2nc(-c3ccc4ncccc4c3)[nH]c2c1. The first-order valence-electron chi connectivity index (χ1n) is 6.72. The summed E-state index contributed by atoms with van der Waals surface area (Å²) in [4.78, 5) is 12.3. The van der Waals surface area contributed by atoms with Crippen LogP contribution in [0.25, 0.3) is 33.3 Å². The van der Waals surface area contributed by atoms with Gasteiger partial charge >= 0.3 is 0 Å². The number of nitrogens with zero attached hydrogens (tertiary/aromatic N) is 2. The van der Waals surface area contributed by atoms with Gasteiger partial charge in [0.15, 0.2) is 0 Å². The van der Waals surface area contributed by atoms with Crippen LogP contribution in [0.1, 0.15) is 0 Å². The van der Waals surface area contributed by atoms with Crippen molar-refractivity contribution in [3.63, 3.8) is 0 Å². The second-order valence-corrected chi connectivity index (χ2v) is 4.88. The molecular weight excluding hydrogens is 262 g/mol. The fraction of sp³-hybridized carbons (Fsp3) is 0.0588. The highest BCUT2D eigenvalue weighted by Gasteiger charge is 2.07. The number of aromatic amines is 1. The van der Waals surface area contributed by atoms with Gasteiger partial charge < -0.3 is 9.72 Å². The van der Waals surface area contributed by atoms with Crippen molar-refractivity contribution in [2.45, 2.75) is 0 Å². The summed E-state index contributed by atoms with van der Waals surface area (Å²) in [5, 5.41) is 1.10. The summed E-state index contributed by atoms with van der Waals surface area (Å²) in [5.74, 6) is 1.67. The summed E-state index contributed by atoms with van der Waals surface area (Å²) in [6, 6.07) is 16.0. The molecule has 0 aliphatic carbocycles. The van der Waals surface area contributed by atoms with Crippen molar-refractivity contribution in [2.75, 3.05) is 7.11 Å². The number of ether oxygens (including phenoxy) is 1. The fourth-order valence-electron chi connectivity index (χ4n) is 2.48. The highest BCUT2D eigenvalue weighted by molar-refractivity contribution is 5.86. The number of aromatic nitrogens is 3. The third kappa shape index (κ3) is 2.01. The van der Waals surface area contributed by atoms with Crippen LogP contribution in [0.15, 0.2) is 54.7 Å². The highest BCUT2D eigenvalue weighted by Crippen LogP contribution is 2.25. The van der Waals surface area contributed by atoms with Crippen LogP contribution in [0.5, 0.6) is 5.75 Å². The monoisotopic (exact) mass is 275 g/mol. The van der Waals surface area contributed by atoms with E-state index < -0.39 is 0 Å². The highest BCUT2D eigenvalue weighted by atomic mass is 16.5. The number of pyridine rings is 1. The Morgan fingerprint density at radius 1 is 1.00 bits per heavy atom. The van der Waals surface area contributed by atoms with Gasteiger partial charge in [-0.2, -0.15) is 0 Å². The van der Waals surface area contributed by atoms with Crippen LogP contribution in [0.3, 0.4) is 0 Å². The van der Waals surface area contributed by atoms with Gasteiger partial charge in [0.2, 0.25) is 0 Å². The molecule has 4 aromatic rings. The minimum Gasteiger partial charge on any atom is -0.497 e. The fourth-order valence-corrected chi connectivity index (χ4v) is 2.48. The molecule has 4 rings (SSSR count). The molecule has 0 radical (unpaired) electrons. The number of imidazole rings is 1. The van der Waals surface area contributed by atoms with Crippen molar-refractivity contribution >= 4 is 21.9 Å². The van der Waals surface area contributed by atoms with Crippen molar-refractivity contribution in [2.24, 2.45) is 0 Å². The molecule has 0 amide bonds. The van der Waals surface area contributed by atoms with E-state index >= 15 is 0 Å². The number of benzene rings is 2. The maximum absolute atomic E-state index is 5.24. The smallest absolute Gasteiger partial charge is 0.138 e. The van der Waals surface area contributed by atoms with Crippen molar-refractivity contribution in [1.82, 2.24) is 15.0 Å². The van der Waals surface area contributed by atoms with Gasteiger partial charge in [0.05, 0.1) is 23.7 Å². The van der Waals surface area contributed by atoms with E-state index in [1.54, 1.807) is 13.3 Å². The normalized spacial score (nSPS) is 11.1. The maximum Gasteiger partial charge on any atom is 0.138 e. The molecule has 2 heterocycles. The Morgan fingerprint density at radius 2 is 1.90 bits per heavy atom. The van der Waals surface area contributed by atoms with Crippen molar-refractivity contribution in [1.29, 1.82) is 0 Å². The van der Waals surface area contributed by atoms with Crippen molar-refractivity contribution < 1.29 is 4.74 Å². The van der Waals surface area contributed by atoms with Crippen LogP contribution in [-0.2, 0) is 0 Å². The molecule has 0 aliphatic rings. The molecule has 102 valence electrons. The predicted octanol–water partition coefficient (Wildman–Crippen LogP) is 3.79. The number of hydrogen-bond donors (Lipinski definition) is 1. The molecule has 0 spiro atoms. The largest absolute Gasteiger partial charge is 0.497 e. The van der Waals surface area contributed by atoms with Gasteiger partial charge in [-0.3, -0.25) is 4.98 Å². The van der Waals surface area contributed by atoms with Gasteiger partial charge in [-0.15, -0.1) is 0 Å². The zero-order chi connectivity index (χ0) is 14.2. The van der Waals surface area contributed by atoms with Crippen LogP contribution < -0.4 is 4.74 Å². The molecule has 4 heteroatoms. The second-order valence-electron chi connectivity index (χ2n) is 4.88. The molecule has 0 unspecified atom stereocenters. The van der Waals surface area contributed by atoms with Crippen molar-refractivity contribution in [3.05, 3.63) is 54.7 Å². The number of hydrogen-bond acceptors (Lipinski definition) is 3. The number of nitrogens with one attached hydrogen (secondary N) is 1. The van der Waals surface area contributed by atoms with Gasteiger partial charge in [0.25, 0.3) is 0 Å². The summed E-state index contributed by atoms with van der Waals surface area (Å²) in [5.41, 5.74) is 3.93. The van der Waals surface area contributed by atoms with Gasteiger partial charge in [0, 0.05) is 23.2 Å². The zero-order valence-electron chi connectivity index (χ0n) is 11.5. The molecular formula is C17H13N3O. The van der Waals surface area contributed by atoms with Crippen LogP contribution in [0.2, 0.25) is 0 Å². The molecule has 0 aliphatic heterocycles. The van der Waals surface area contributed by atoms with Crippen LogP contribution in [0.4, 0.5) is 0 Å². The number of fused-ring (bicyclic) bond motifs is 2. The van der Waals surface area contributed by atoms with E-state index in [4.69, 9.17) is 4.74 Å². The van der Waals surface area contributed by atoms with Crippen LogP contribution in [0, 0.1) is 0 Å². The molecule has 0 fully saturated rings. The molecule has 2 aromatic carbocycles. The van der Waals surface area contributed by atoms with Crippen LogP contribution in [-0.4, -0.2) is 22.1 Å². The number of H-pyrrole nitrogens is 1. The average molecular weight is 275 g/mol. The molecule has 2 aromatic heterocycles. The first-order chi connectivity index (χ1) is 10.3. The van der Waals surface area contributed by atoms with E-state index in [1.807, 2.05) is 36.4 Å². The van der Waals surface area contributed by atoms with E-state index in [2.05, 4.69) is 27.1 Å². The zero-order valence-corrected chi connectivity index (χ0v) is 11.5. The molecule has 0 saturated carbocycles. The van der Waals surface area contributed by atoms with E-state index in [0.29, 0.717) is 0 Å². The lowest BCUT2D eigenvalue weighted by Crippen LogP contribution is -1.82. The molecule has 0 saturated heterocycles. The van der Waals surface area contributed by atoms with Gasteiger partial charge in [-0.1, -0.05) is 6.07 Å². The summed E-state index contributed by atoms with van der Waals surface area (Å²) >= 11 is 0. The third-order valence-electron chi connectivity index (χ3n) is 3.57. The molecule has 0 bridgehead atoms. The summed E-state index contributed by atoms with van der Waals surface area (Å²) < 4.78 is 5.24. The minimum absolute atomic E-state index is 0.820. The molecule has 21 heavy (non-hydrogen) atoms. The quantitative estimate of drug-likeness (QED) is 0.605. The third-order valence-corrected chi connectivity index (χ3v) is 3.57. The van der Waals surface area contributed by atoms with E-state index in [0.717, 1.165) is 39.1 Å². The lowest BCUT2D eigenvalue weighted by molar-refractivity contribution is 0.415. The Labute approximate surface area is 121 Å². The minimum atomic E-state index is 0.820. The first-order valence-corrected chi connectivity index (χ1v) is 6.72. The Kier molecular flexibility index (Phi) is 2.60. The summed E-state index contributed by atoms with van der Waals surface area (Å²) in [7, 11) is 1.66. The molecule has 0 atom stereocenters. The predicted molar refractivity (Wildman–Crippen MR) is 83.4 cm³/mol. The first kappa shape index (κ1) is 11.9. The van der Waals surface area contributed by atoms with Gasteiger partial charge in [-0.25, -0.2) is 4.98 Å². The number of rotatable bonds is 2. The molecule has 4 nitrogen and oxygen atoms in total. The van der Waals surface area contributed by atoms with E-state index in [-0.39, 0.29) is 0 Å². The van der Waals surface area contributed by atoms with E-state index in [1.165, 1.54) is 0 Å². The standard InChI is InChI=1S/C17H13N3O/c1-21-13-5-7-15-16(10-13)20-17(19-15)12-4-6-14-11(9-12)3-2-8-18-14/h2-10H,1H3,(H,19,20). The van der Waals surface area contributed by atoms with Gasteiger partial charge in [-0.05, 0) is 36.4 Å². The maximum atomic E-state index is 5.24. The topological polar surface area (TPSA) is 50.8 Å². The average Bonchev–Trinajstić information content (AvgIpc) is 2.97. The lowest BCUT2D eigenvalue weighted by atomic mass is 10.1. The van der Waals surface area contributed by atoms with E-state index in [9.17, 15) is 0 Å². The Bertz CT molecular complexity index is 943.